The molecule has 1 aromatic heterocycles. The molecule has 0 amide bonds. The molecule has 206 valence electrons. The number of carboxylic acids is 1. The molecule has 0 bridgehead atoms. The zero-order chi connectivity index (χ0) is 28.3. The highest BCUT2D eigenvalue weighted by Gasteiger charge is 2.19. The van der Waals surface area contributed by atoms with Gasteiger partial charge in [-0.3, -0.25) is 0 Å². The van der Waals surface area contributed by atoms with Gasteiger partial charge < -0.3 is 20.1 Å². The second kappa shape index (κ2) is 11.9. The molecule has 0 aliphatic rings. The van der Waals surface area contributed by atoms with Gasteiger partial charge in [0.05, 0.1) is 11.0 Å². The van der Waals surface area contributed by atoms with Crippen LogP contribution in [0.1, 0.15) is 40.2 Å². The Bertz CT molecular complexity index is 1580. The minimum Gasteiger partial charge on any atom is -0.477 e. The van der Waals surface area contributed by atoms with Gasteiger partial charge in [-0.15, -0.1) is 0 Å². The van der Waals surface area contributed by atoms with Gasteiger partial charge in [0, 0.05) is 49.2 Å². The van der Waals surface area contributed by atoms with Crippen LogP contribution in [-0.4, -0.2) is 60.2 Å². The fourth-order valence-electron chi connectivity index (χ4n) is 4.53. The Morgan fingerprint density at radius 1 is 1.03 bits per heavy atom. The number of aliphatic hydroxyl groups is 1. The van der Waals surface area contributed by atoms with E-state index in [9.17, 15) is 23.4 Å². The van der Waals surface area contributed by atoms with E-state index in [-0.39, 0.29) is 23.2 Å². The van der Waals surface area contributed by atoms with Crippen molar-refractivity contribution in [3.05, 3.63) is 100 Å². The van der Waals surface area contributed by atoms with Crippen LogP contribution >= 0.6 is 11.6 Å². The maximum absolute atomic E-state index is 12.4. The molecule has 8 nitrogen and oxygen atoms in total. The van der Waals surface area contributed by atoms with Crippen LogP contribution in [0, 0.1) is 0 Å². The predicted molar refractivity (Wildman–Crippen MR) is 153 cm³/mol. The van der Waals surface area contributed by atoms with E-state index in [1.54, 1.807) is 34.9 Å². The van der Waals surface area contributed by atoms with Crippen LogP contribution in [0.3, 0.4) is 0 Å². The molecule has 10 heteroatoms. The van der Waals surface area contributed by atoms with Crippen molar-refractivity contribution < 1.29 is 23.4 Å². The molecule has 0 radical (unpaired) electrons. The van der Waals surface area contributed by atoms with Crippen LogP contribution < -0.4 is 5.32 Å². The van der Waals surface area contributed by atoms with E-state index in [0.29, 0.717) is 18.0 Å². The van der Waals surface area contributed by atoms with Gasteiger partial charge in [0.1, 0.15) is 5.69 Å². The third-order valence-electron chi connectivity index (χ3n) is 6.66. The topological polar surface area (TPSA) is 112 Å². The highest BCUT2D eigenvalue weighted by Crippen LogP contribution is 2.25. The van der Waals surface area contributed by atoms with Gasteiger partial charge in [-0.2, -0.15) is 0 Å². The first-order valence-electron chi connectivity index (χ1n) is 12.5. The number of fused-ring (bicyclic) bond motifs is 1. The molecule has 2 atom stereocenters. The Morgan fingerprint density at radius 2 is 1.72 bits per heavy atom. The molecular weight excluding hydrogens is 538 g/mol. The number of aromatic carboxylic acids is 1. The normalized spacial score (nSPS) is 13.6. The largest absolute Gasteiger partial charge is 0.477 e. The number of rotatable bonds is 11. The van der Waals surface area contributed by atoms with Crippen LogP contribution in [-0.2, 0) is 23.0 Å². The summed E-state index contributed by atoms with van der Waals surface area (Å²) in [5.41, 5.74) is 3.50. The molecular formula is C29H32ClN3O5S. The highest BCUT2D eigenvalue weighted by atomic mass is 35.5. The van der Waals surface area contributed by atoms with Crippen molar-refractivity contribution >= 4 is 38.5 Å². The van der Waals surface area contributed by atoms with Crippen molar-refractivity contribution in [3.63, 3.8) is 0 Å². The molecule has 0 fully saturated rings. The summed E-state index contributed by atoms with van der Waals surface area (Å²) >= 11 is 6.02. The third kappa shape index (κ3) is 6.69. The number of aromatic nitrogens is 1. The number of hydrogen-bond acceptors (Lipinski definition) is 5. The van der Waals surface area contributed by atoms with Crippen LogP contribution in [0.15, 0.2) is 77.7 Å². The molecule has 0 aliphatic heterocycles. The fraction of sp³-hybridized carbons (Fsp3) is 0.276. The number of nitrogens with zero attached hydrogens (tertiary/aromatic N) is 2. The zero-order valence-electron chi connectivity index (χ0n) is 22.0. The maximum Gasteiger partial charge on any atom is 0.352 e. The van der Waals surface area contributed by atoms with Crippen molar-refractivity contribution in [1.29, 1.82) is 0 Å². The smallest absolute Gasteiger partial charge is 0.352 e. The van der Waals surface area contributed by atoms with Crippen molar-refractivity contribution in [2.75, 3.05) is 20.6 Å². The molecule has 39 heavy (non-hydrogen) atoms. The summed E-state index contributed by atoms with van der Waals surface area (Å²) in [5, 5.41) is 25.1. The molecule has 0 saturated heterocycles. The first-order chi connectivity index (χ1) is 18.5. The van der Waals surface area contributed by atoms with E-state index in [1.165, 1.54) is 26.2 Å². The SMILES string of the molecule is C[C@H](Cc1ccc2c(c1)cc(C(=O)O)n2Cc1ccc(S(=O)(=O)N(C)C)cc1)NC[C@@H](O)c1cccc(Cl)c1. The van der Waals surface area contributed by atoms with Gasteiger partial charge in [0.2, 0.25) is 10.0 Å². The van der Waals surface area contributed by atoms with E-state index in [1.807, 2.05) is 37.3 Å². The quantitative estimate of drug-likeness (QED) is 0.244. The van der Waals surface area contributed by atoms with E-state index < -0.39 is 22.1 Å². The fourth-order valence-corrected chi connectivity index (χ4v) is 5.63. The average molecular weight is 570 g/mol. The van der Waals surface area contributed by atoms with Crippen molar-refractivity contribution in [2.45, 2.75) is 36.9 Å². The molecule has 0 unspecified atom stereocenters. The number of aliphatic hydroxyl groups excluding tert-OH is 1. The second-order valence-corrected chi connectivity index (χ2v) is 12.4. The monoisotopic (exact) mass is 569 g/mol. The number of benzene rings is 3. The lowest BCUT2D eigenvalue weighted by Gasteiger charge is -2.18. The Balaban J connectivity index is 1.49. The molecule has 3 N–H and O–H groups in total. The van der Waals surface area contributed by atoms with Crippen molar-refractivity contribution in [3.8, 4) is 0 Å². The van der Waals surface area contributed by atoms with Gasteiger partial charge in [-0.25, -0.2) is 17.5 Å². The van der Waals surface area contributed by atoms with E-state index in [2.05, 4.69) is 5.32 Å². The van der Waals surface area contributed by atoms with Crippen LogP contribution in [0.4, 0.5) is 0 Å². The minimum atomic E-state index is -3.54. The minimum absolute atomic E-state index is 0.0641. The van der Waals surface area contributed by atoms with Gasteiger partial charge in [0.25, 0.3) is 0 Å². The first-order valence-corrected chi connectivity index (χ1v) is 14.3. The van der Waals surface area contributed by atoms with Gasteiger partial charge >= 0.3 is 5.97 Å². The summed E-state index contributed by atoms with van der Waals surface area (Å²) in [5.74, 6) is -1.04. The molecule has 0 saturated carbocycles. The first kappa shape index (κ1) is 28.8. The Hall–Kier alpha value is -3.21. The summed E-state index contributed by atoms with van der Waals surface area (Å²) in [6.07, 6.45) is 0.00554. The molecule has 1 heterocycles. The summed E-state index contributed by atoms with van der Waals surface area (Å²) in [6, 6.07) is 21.2. The standard InChI is InChI=1S/C29H32ClN3O5S/c1-19(31-17-28(34)22-5-4-6-24(30)15-22)13-21-9-12-26-23(14-21)16-27(29(35)36)33(26)18-20-7-10-25(11-8-20)39(37,38)32(2)3/h4-12,14-16,19,28,31,34H,13,17-18H2,1-3H3,(H,35,36)/t19-,28-/m1/s1. The van der Waals surface area contributed by atoms with Gasteiger partial charge in [-0.05, 0) is 72.5 Å². The van der Waals surface area contributed by atoms with E-state index in [4.69, 9.17) is 11.6 Å². The van der Waals surface area contributed by atoms with Gasteiger partial charge in [-0.1, -0.05) is 41.9 Å². The Morgan fingerprint density at radius 3 is 2.36 bits per heavy atom. The number of hydrogen-bond donors (Lipinski definition) is 3. The average Bonchev–Trinajstić information content (AvgIpc) is 3.25. The third-order valence-corrected chi connectivity index (χ3v) is 8.73. The molecule has 0 spiro atoms. The molecule has 4 aromatic rings. The molecule has 4 rings (SSSR count). The lowest BCUT2D eigenvalue weighted by atomic mass is 10.0. The molecule has 3 aromatic carbocycles. The van der Waals surface area contributed by atoms with E-state index >= 15 is 0 Å². The van der Waals surface area contributed by atoms with E-state index in [0.717, 1.165) is 31.9 Å². The number of sulfonamides is 1. The van der Waals surface area contributed by atoms with Crippen LogP contribution in [0.2, 0.25) is 5.02 Å². The zero-order valence-corrected chi connectivity index (χ0v) is 23.6. The number of nitrogens with one attached hydrogen (secondary N) is 1. The summed E-state index contributed by atoms with van der Waals surface area (Å²) in [4.78, 5) is 12.2. The summed E-state index contributed by atoms with van der Waals surface area (Å²) in [6.45, 7) is 2.69. The van der Waals surface area contributed by atoms with Crippen LogP contribution in [0.25, 0.3) is 10.9 Å². The Kier molecular flexibility index (Phi) is 8.78. The summed E-state index contributed by atoms with van der Waals surface area (Å²) in [7, 11) is -0.592. The lowest BCUT2D eigenvalue weighted by molar-refractivity contribution is 0.0686. The molecule has 0 aliphatic carbocycles. The number of carbonyl (C=O) groups is 1. The predicted octanol–water partition coefficient (Wildman–Crippen LogP) is 4.55. The van der Waals surface area contributed by atoms with Gasteiger partial charge in [0.15, 0.2) is 0 Å². The highest BCUT2D eigenvalue weighted by molar-refractivity contribution is 7.89. The van der Waals surface area contributed by atoms with Crippen molar-refractivity contribution in [2.24, 2.45) is 0 Å². The van der Waals surface area contributed by atoms with Crippen LogP contribution in [0.5, 0.6) is 0 Å². The number of carboxylic acid groups (broad SMARTS) is 1. The Labute approximate surface area is 233 Å². The van der Waals surface area contributed by atoms with Crippen molar-refractivity contribution in [1.82, 2.24) is 14.2 Å². The second-order valence-electron chi connectivity index (χ2n) is 9.83. The lowest BCUT2D eigenvalue weighted by Crippen LogP contribution is -2.32. The summed E-state index contributed by atoms with van der Waals surface area (Å²) < 4.78 is 27.6. The number of halogens is 1. The maximum atomic E-state index is 12.4.